The molecule has 0 spiro atoms. The maximum atomic E-state index is 13.1. The van der Waals surface area contributed by atoms with Gasteiger partial charge in [-0.3, -0.25) is 14.5 Å². The van der Waals surface area contributed by atoms with Crippen LogP contribution in [0.15, 0.2) is 53.5 Å². The molecular weight excluding hydrogens is 316 g/mol. The molecule has 5 heteroatoms. The Bertz CT molecular complexity index is 865. The molecule has 25 heavy (non-hydrogen) atoms. The molecule has 0 saturated carbocycles. The van der Waals surface area contributed by atoms with Gasteiger partial charge >= 0.3 is 0 Å². The Hall–Kier alpha value is -2.79. The maximum absolute atomic E-state index is 13.1. The molecule has 1 atom stereocenters. The van der Waals surface area contributed by atoms with Gasteiger partial charge in [0.25, 0.3) is 0 Å². The minimum absolute atomic E-state index is 0.0605. The zero-order valence-electron chi connectivity index (χ0n) is 13.7. The van der Waals surface area contributed by atoms with Crippen molar-refractivity contribution in [3.8, 4) is 5.75 Å². The standard InChI is InChI=1S/C20H18N2O3/c23-14-9-7-13(8-10-14)21-17-18(22-11-3-4-12-22)20(25)16-6-2-1-5-15(16)19(17)24/h1-2,5-10,18,23H,3-4,11-12H2. The summed E-state index contributed by atoms with van der Waals surface area (Å²) in [7, 11) is 0. The number of Topliss-reactive ketones (excluding diaryl/α,β-unsaturated/α-hetero) is 2. The molecule has 1 saturated heterocycles. The van der Waals surface area contributed by atoms with Crippen LogP contribution in [0.2, 0.25) is 0 Å². The monoisotopic (exact) mass is 334 g/mol. The molecule has 4 rings (SSSR count). The summed E-state index contributed by atoms with van der Waals surface area (Å²) in [6.45, 7) is 1.58. The molecule has 1 heterocycles. The van der Waals surface area contributed by atoms with Gasteiger partial charge in [-0.1, -0.05) is 24.3 Å². The molecule has 1 aliphatic carbocycles. The zero-order chi connectivity index (χ0) is 17.4. The Morgan fingerprint density at radius 2 is 1.56 bits per heavy atom. The van der Waals surface area contributed by atoms with Crippen molar-refractivity contribution in [2.75, 3.05) is 13.1 Å². The lowest BCUT2D eigenvalue weighted by atomic mass is 9.83. The van der Waals surface area contributed by atoms with Crippen molar-refractivity contribution in [1.82, 2.24) is 4.90 Å². The second kappa shape index (κ2) is 6.26. The maximum Gasteiger partial charge on any atom is 0.210 e. The SMILES string of the molecule is O=C1C(=Nc2ccc(O)cc2)C(N2CCCC2)C(=O)c2ccccc21. The summed E-state index contributed by atoms with van der Waals surface area (Å²) in [5.41, 5.74) is 1.73. The van der Waals surface area contributed by atoms with Gasteiger partial charge in [-0.25, -0.2) is 4.99 Å². The van der Waals surface area contributed by atoms with E-state index < -0.39 is 6.04 Å². The van der Waals surface area contributed by atoms with Crippen LogP contribution >= 0.6 is 0 Å². The van der Waals surface area contributed by atoms with Gasteiger partial charge < -0.3 is 5.11 Å². The van der Waals surface area contributed by atoms with Crippen LogP contribution in [-0.2, 0) is 0 Å². The molecule has 1 N–H and O–H groups in total. The second-order valence-corrected chi connectivity index (χ2v) is 6.40. The van der Waals surface area contributed by atoms with E-state index in [1.54, 1.807) is 36.4 Å². The summed E-state index contributed by atoms with van der Waals surface area (Å²) in [6, 6.07) is 12.6. The molecule has 0 radical (unpaired) electrons. The summed E-state index contributed by atoms with van der Waals surface area (Å²) >= 11 is 0. The minimum atomic E-state index is -0.626. The number of hydrogen-bond acceptors (Lipinski definition) is 5. The Morgan fingerprint density at radius 3 is 2.24 bits per heavy atom. The van der Waals surface area contributed by atoms with Gasteiger partial charge in [0, 0.05) is 11.1 Å². The smallest absolute Gasteiger partial charge is 0.210 e. The number of ketones is 2. The van der Waals surface area contributed by atoms with E-state index in [-0.39, 0.29) is 23.0 Å². The Kier molecular flexibility index (Phi) is 3.93. The van der Waals surface area contributed by atoms with E-state index in [4.69, 9.17) is 0 Å². The number of aromatic hydroxyl groups is 1. The molecule has 1 aliphatic heterocycles. The van der Waals surface area contributed by atoms with Crippen molar-refractivity contribution in [2.45, 2.75) is 18.9 Å². The average molecular weight is 334 g/mol. The third kappa shape index (κ3) is 2.76. The summed E-state index contributed by atoms with van der Waals surface area (Å²) in [6.07, 6.45) is 2.04. The Balaban J connectivity index is 1.84. The molecule has 5 nitrogen and oxygen atoms in total. The van der Waals surface area contributed by atoms with Crippen LogP contribution < -0.4 is 0 Å². The minimum Gasteiger partial charge on any atom is -0.508 e. The number of benzene rings is 2. The van der Waals surface area contributed by atoms with E-state index in [0.29, 0.717) is 16.8 Å². The summed E-state index contributed by atoms with van der Waals surface area (Å²) < 4.78 is 0. The predicted molar refractivity (Wildman–Crippen MR) is 94.9 cm³/mol. The molecule has 2 aliphatic rings. The van der Waals surface area contributed by atoms with Gasteiger partial charge in [0.2, 0.25) is 5.78 Å². The zero-order valence-corrected chi connectivity index (χ0v) is 13.7. The van der Waals surface area contributed by atoms with Crippen molar-refractivity contribution < 1.29 is 14.7 Å². The fourth-order valence-electron chi connectivity index (χ4n) is 3.55. The number of likely N-dealkylation sites (tertiary alicyclic amines) is 1. The molecular formula is C20H18N2O3. The van der Waals surface area contributed by atoms with Crippen molar-refractivity contribution in [2.24, 2.45) is 4.99 Å². The fraction of sp³-hybridized carbons (Fsp3) is 0.250. The van der Waals surface area contributed by atoms with E-state index in [1.807, 2.05) is 0 Å². The lowest BCUT2D eigenvalue weighted by Crippen LogP contribution is -2.51. The largest absolute Gasteiger partial charge is 0.508 e. The highest BCUT2D eigenvalue weighted by molar-refractivity contribution is 6.55. The van der Waals surface area contributed by atoms with Crippen LogP contribution in [-0.4, -0.2) is 46.4 Å². The number of hydrogen-bond donors (Lipinski definition) is 1. The van der Waals surface area contributed by atoms with Gasteiger partial charge in [0.1, 0.15) is 17.5 Å². The number of aliphatic imine (C=N–C) groups is 1. The number of nitrogens with zero attached hydrogens (tertiary/aromatic N) is 2. The Labute approximate surface area is 145 Å². The van der Waals surface area contributed by atoms with Crippen LogP contribution in [0.25, 0.3) is 0 Å². The molecule has 2 aromatic rings. The highest BCUT2D eigenvalue weighted by Crippen LogP contribution is 2.28. The molecule has 1 unspecified atom stereocenters. The number of phenolic OH excluding ortho intramolecular Hbond substituents is 1. The number of phenols is 1. The number of fused-ring (bicyclic) bond motifs is 1. The van der Waals surface area contributed by atoms with Crippen LogP contribution in [0.1, 0.15) is 33.6 Å². The van der Waals surface area contributed by atoms with Gasteiger partial charge in [0.15, 0.2) is 5.78 Å². The first-order chi connectivity index (χ1) is 12.1. The Morgan fingerprint density at radius 1 is 0.920 bits per heavy atom. The van der Waals surface area contributed by atoms with Crippen LogP contribution in [0.3, 0.4) is 0 Å². The fourth-order valence-corrected chi connectivity index (χ4v) is 3.55. The first-order valence-electron chi connectivity index (χ1n) is 8.45. The van der Waals surface area contributed by atoms with E-state index >= 15 is 0 Å². The first kappa shape index (κ1) is 15.7. The normalized spacial score (nSPS) is 22.4. The van der Waals surface area contributed by atoms with E-state index in [0.717, 1.165) is 25.9 Å². The summed E-state index contributed by atoms with van der Waals surface area (Å²) in [5, 5.41) is 9.43. The summed E-state index contributed by atoms with van der Waals surface area (Å²) in [5.74, 6) is -0.119. The van der Waals surface area contributed by atoms with E-state index in [9.17, 15) is 14.7 Å². The van der Waals surface area contributed by atoms with Crippen molar-refractivity contribution >= 4 is 23.0 Å². The third-order valence-electron chi connectivity index (χ3n) is 4.78. The quantitative estimate of drug-likeness (QED) is 0.916. The molecule has 0 bridgehead atoms. The number of carbonyl (C=O) groups excluding carboxylic acids is 2. The number of carbonyl (C=O) groups is 2. The van der Waals surface area contributed by atoms with Crippen molar-refractivity contribution in [3.05, 3.63) is 59.7 Å². The van der Waals surface area contributed by atoms with E-state index in [1.165, 1.54) is 12.1 Å². The van der Waals surface area contributed by atoms with Crippen LogP contribution in [0.5, 0.6) is 5.75 Å². The van der Waals surface area contributed by atoms with Crippen LogP contribution in [0, 0.1) is 0 Å². The van der Waals surface area contributed by atoms with Gasteiger partial charge in [-0.05, 0) is 50.2 Å². The average Bonchev–Trinajstić information content (AvgIpc) is 3.15. The van der Waals surface area contributed by atoms with Crippen molar-refractivity contribution in [3.63, 3.8) is 0 Å². The molecule has 2 aromatic carbocycles. The predicted octanol–water partition coefficient (Wildman–Crippen LogP) is 3.01. The summed E-state index contributed by atoms with van der Waals surface area (Å²) in [4.78, 5) is 32.7. The molecule has 0 amide bonds. The molecule has 0 aromatic heterocycles. The van der Waals surface area contributed by atoms with Gasteiger partial charge in [-0.15, -0.1) is 0 Å². The van der Waals surface area contributed by atoms with Gasteiger partial charge in [-0.2, -0.15) is 0 Å². The molecule has 126 valence electrons. The van der Waals surface area contributed by atoms with E-state index in [2.05, 4.69) is 9.89 Å². The van der Waals surface area contributed by atoms with Crippen LogP contribution in [0.4, 0.5) is 5.69 Å². The lowest BCUT2D eigenvalue weighted by molar-refractivity contribution is 0.0873. The topological polar surface area (TPSA) is 70.0 Å². The highest BCUT2D eigenvalue weighted by Gasteiger charge is 2.42. The lowest BCUT2D eigenvalue weighted by Gasteiger charge is -2.31. The molecule has 1 fully saturated rings. The highest BCUT2D eigenvalue weighted by atomic mass is 16.3. The van der Waals surface area contributed by atoms with Crippen molar-refractivity contribution in [1.29, 1.82) is 0 Å². The van der Waals surface area contributed by atoms with Gasteiger partial charge in [0.05, 0.1) is 5.69 Å². The third-order valence-corrected chi connectivity index (χ3v) is 4.78. The second-order valence-electron chi connectivity index (χ2n) is 6.40. The first-order valence-corrected chi connectivity index (χ1v) is 8.45. The number of rotatable bonds is 2.